The van der Waals surface area contributed by atoms with E-state index in [0.29, 0.717) is 0 Å². The lowest BCUT2D eigenvalue weighted by Gasteiger charge is -2.43. The van der Waals surface area contributed by atoms with Crippen LogP contribution in [0.4, 0.5) is 0 Å². The summed E-state index contributed by atoms with van der Waals surface area (Å²) >= 11 is 0. The Bertz CT molecular complexity index is 4360. The molecule has 0 aliphatic heterocycles. The topological polar surface area (TPSA) is 9.86 Å². The molecule has 2 nitrogen and oxygen atoms in total. The first-order valence-corrected chi connectivity index (χ1v) is 29.5. The van der Waals surface area contributed by atoms with E-state index < -0.39 is 10.0 Å². The quantitative estimate of drug-likeness (QED) is 0.190. The van der Waals surface area contributed by atoms with Gasteiger partial charge in [0, 0.05) is 57.9 Å². The van der Waals surface area contributed by atoms with Gasteiger partial charge < -0.3 is 9.13 Å². The van der Waals surface area contributed by atoms with Gasteiger partial charge in [-0.05, 0) is 119 Å². The number of aromatic nitrogens is 2. The zero-order chi connectivity index (χ0) is 54.4. The van der Waals surface area contributed by atoms with Gasteiger partial charge >= 0.3 is 0 Å². The van der Waals surface area contributed by atoms with E-state index >= 15 is 0 Å². The molecule has 0 aliphatic rings. The molecule has 0 N–H and O–H groups in total. The maximum Gasteiger partial charge on any atom is 0.139 e. The first-order valence-electron chi connectivity index (χ1n) is 27.8. The van der Waals surface area contributed by atoms with E-state index in [4.69, 9.17) is 0 Å². The fraction of sp³-hybridized carbons (Fsp3) is 0. The summed E-state index contributed by atoms with van der Waals surface area (Å²) in [6.45, 7) is 0. The molecule has 0 saturated carbocycles. The Morgan fingerprint density at radius 1 is 0.253 bits per heavy atom. The summed E-state index contributed by atoms with van der Waals surface area (Å²) in [5.41, 5.74) is 28.0. The van der Waals surface area contributed by atoms with Crippen LogP contribution in [-0.4, -0.2) is 87.6 Å². The first kappa shape index (κ1) is 50.5. The average Bonchev–Trinajstić information content (AvgIpc) is 4.09. The number of benzene rings is 11. The molecule has 0 amide bonds. The maximum absolute atomic E-state index is 2.65. The number of hydrogen-bond acceptors (Lipinski definition) is 0. The molecule has 2 heterocycles. The molecule has 0 bridgehead atoms. The van der Waals surface area contributed by atoms with E-state index in [-0.39, 0.29) is 0 Å². The molecule has 366 valence electrons. The summed E-state index contributed by atoms with van der Waals surface area (Å²) in [6, 6.07) is 82.4. The van der Waals surface area contributed by atoms with Gasteiger partial charge in [0.1, 0.15) is 78.5 Å². The van der Waals surface area contributed by atoms with Gasteiger partial charge in [0.25, 0.3) is 0 Å². The molecule has 13 heteroatoms. The minimum atomic E-state index is -2.14. The van der Waals surface area contributed by atoms with Crippen molar-refractivity contribution in [2.24, 2.45) is 0 Å². The Labute approximate surface area is 475 Å². The van der Waals surface area contributed by atoms with Crippen LogP contribution in [0, 0.1) is 0 Å². The van der Waals surface area contributed by atoms with Crippen molar-refractivity contribution in [1.82, 2.24) is 9.13 Å². The maximum atomic E-state index is 2.65. The molecular formula is C66H56B10N2S. The van der Waals surface area contributed by atoms with Crippen LogP contribution in [0.1, 0.15) is 0 Å². The minimum absolute atomic E-state index is 1.16. The second-order valence-electron chi connectivity index (χ2n) is 21.9. The van der Waals surface area contributed by atoms with Crippen molar-refractivity contribution in [1.29, 1.82) is 0 Å². The SMILES string of the molecule is Bc1c(B)c(B)c(-c2cc(S(c3ccccc3)(c3ccccc3)c3ccccc3)cc(-c3c(B)c(B)c(B)c(B)c3B)c2-n2c3ccccc3c3cc(-c4ccc5c(c4)c4ccccc4n5-c4ccccc4)ccc32)c(B)c1B. The Morgan fingerprint density at radius 3 is 0.975 bits per heavy atom. The molecular weight excluding hydrogens is 961 g/mol. The Kier molecular flexibility index (Phi) is 12.6. The van der Waals surface area contributed by atoms with Gasteiger partial charge in [-0.1, -0.05) is 143 Å². The molecule has 0 spiro atoms. The normalized spacial score (nSPS) is 12.0. The third kappa shape index (κ3) is 7.78. The van der Waals surface area contributed by atoms with Crippen molar-refractivity contribution >= 4 is 187 Å². The molecule has 0 atom stereocenters. The van der Waals surface area contributed by atoms with Crippen LogP contribution in [0.25, 0.3) is 88.4 Å². The third-order valence-electron chi connectivity index (χ3n) is 18.2. The summed E-state index contributed by atoms with van der Waals surface area (Å²) in [6.07, 6.45) is 0. The minimum Gasteiger partial charge on any atom is -0.309 e. The largest absolute Gasteiger partial charge is 0.309 e. The van der Waals surface area contributed by atoms with Crippen LogP contribution < -0.4 is 54.6 Å². The predicted molar refractivity (Wildman–Crippen MR) is 373 cm³/mol. The van der Waals surface area contributed by atoms with E-state index in [0.717, 1.165) is 5.69 Å². The number of hydrogen-bond donors (Lipinski definition) is 0. The Balaban J connectivity index is 1.19. The third-order valence-corrected chi connectivity index (χ3v) is 22.1. The van der Waals surface area contributed by atoms with Gasteiger partial charge in [-0.2, -0.15) is 0 Å². The van der Waals surface area contributed by atoms with Crippen molar-refractivity contribution in [2.75, 3.05) is 0 Å². The first-order chi connectivity index (χ1) is 38.4. The van der Waals surface area contributed by atoms with E-state index in [9.17, 15) is 0 Å². The molecule has 11 aromatic carbocycles. The fourth-order valence-corrected chi connectivity index (χ4v) is 17.2. The highest BCUT2D eigenvalue weighted by Gasteiger charge is 2.36. The van der Waals surface area contributed by atoms with Crippen molar-refractivity contribution in [3.8, 4) is 44.8 Å². The highest BCUT2D eigenvalue weighted by molar-refractivity contribution is 8.34. The average molecular weight is 1020 g/mol. The van der Waals surface area contributed by atoms with Crippen molar-refractivity contribution < 1.29 is 0 Å². The molecule has 2 aromatic heterocycles. The monoisotopic (exact) mass is 1020 g/mol. The molecule has 13 aromatic rings. The van der Waals surface area contributed by atoms with Crippen LogP contribution in [0.3, 0.4) is 0 Å². The molecule has 0 fully saturated rings. The smallest absolute Gasteiger partial charge is 0.139 e. The fourth-order valence-electron chi connectivity index (χ4n) is 13.3. The second-order valence-corrected chi connectivity index (χ2v) is 25.0. The van der Waals surface area contributed by atoms with E-state index in [1.165, 1.54) is 157 Å². The number of fused-ring (bicyclic) bond motifs is 6. The number of rotatable bonds is 9. The van der Waals surface area contributed by atoms with Gasteiger partial charge in [0.05, 0.1) is 27.8 Å². The van der Waals surface area contributed by atoms with E-state index in [1.807, 2.05) is 0 Å². The molecule has 0 saturated heterocycles. The summed E-state index contributed by atoms with van der Waals surface area (Å²) < 4.78 is 5.05. The molecule has 0 aliphatic carbocycles. The zero-order valence-corrected chi connectivity index (χ0v) is 47.9. The standard InChI is InChI=1S/C66H56B10N2S/c67-56-54(57(68)61(72)64(75)60(56)71)48-35-43(79(40-19-7-2-8-20-40,41-21-9-3-10-22-41)42-23-11-4-12-24-42)36-49(55-58(69)62(73)65(76)63(74)59(55)70)66(48)78-51-28-16-14-26-45(51)47-34-38(30-32-53(47)78)37-29-31-52-46(33-37)44-25-13-15-27-50(44)77(52)39-17-5-1-6-18-39/h1-36H,67-76H2. The van der Waals surface area contributed by atoms with Gasteiger partial charge in [0.15, 0.2) is 0 Å². The highest BCUT2D eigenvalue weighted by Crippen LogP contribution is 2.74. The van der Waals surface area contributed by atoms with E-state index in [2.05, 4.69) is 306 Å². The van der Waals surface area contributed by atoms with Crippen LogP contribution in [-0.2, 0) is 0 Å². The van der Waals surface area contributed by atoms with Crippen LogP contribution in [0.2, 0.25) is 0 Å². The highest BCUT2D eigenvalue weighted by atomic mass is 32.3. The Morgan fingerprint density at radius 2 is 0.570 bits per heavy atom. The number of nitrogens with zero attached hydrogens (tertiary/aromatic N) is 2. The van der Waals surface area contributed by atoms with Crippen molar-refractivity contribution in [3.05, 3.63) is 218 Å². The lowest BCUT2D eigenvalue weighted by molar-refractivity contribution is 1.17. The van der Waals surface area contributed by atoms with Gasteiger partial charge in [-0.25, -0.2) is 0 Å². The van der Waals surface area contributed by atoms with Gasteiger partial charge in [-0.15, -0.1) is 42.8 Å². The van der Waals surface area contributed by atoms with Crippen LogP contribution in [0.15, 0.2) is 238 Å². The van der Waals surface area contributed by atoms with Crippen molar-refractivity contribution in [3.63, 3.8) is 0 Å². The van der Waals surface area contributed by atoms with E-state index in [1.54, 1.807) is 0 Å². The molecule has 13 rings (SSSR count). The van der Waals surface area contributed by atoms with Crippen LogP contribution in [0.5, 0.6) is 0 Å². The summed E-state index contributed by atoms with van der Waals surface area (Å²) in [4.78, 5) is 5.22. The summed E-state index contributed by atoms with van der Waals surface area (Å²) in [5.74, 6) is 0. The molecule has 0 radical (unpaired) electrons. The molecule has 0 unspecified atom stereocenters. The lowest BCUT2D eigenvalue weighted by atomic mass is 9.58. The lowest BCUT2D eigenvalue weighted by Crippen LogP contribution is -2.55. The zero-order valence-electron chi connectivity index (χ0n) is 47.1. The Hall–Kier alpha value is -7.98. The molecule has 79 heavy (non-hydrogen) atoms. The number of para-hydroxylation sites is 3. The summed E-state index contributed by atoms with van der Waals surface area (Å²) in [7, 11) is 21.3. The van der Waals surface area contributed by atoms with Crippen LogP contribution >= 0.6 is 10.0 Å². The predicted octanol–water partition coefficient (Wildman–Crippen LogP) is 0.807. The summed E-state index contributed by atoms with van der Waals surface area (Å²) in [5, 5.41) is 4.96. The second kappa shape index (κ2) is 19.7. The van der Waals surface area contributed by atoms with Crippen molar-refractivity contribution in [2.45, 2.75) is 19.6 Å². The van der Waals surface area contributed by atoms with Gasteiger partial charge in [-0.3, -0.25) is 0 Å². The van der Waals surface area contributed by atoms with Gasteiger partial charge in [0.2, 0.25) is 0 Å².